The highest BCUT2D eigenvalue weighted by Gasteiger charge is 2.35. The molecule has 4 rings (SSSR count). The predicted octanol–water partition coefficient (Wildman–Crippen LogP) is 2.10. The van der Waals surface area contributed by atoms with Crippen LogP contribution in [0.2, 0.25) is 0 Å². The van der Waals surface area contributed by atoms with Crippen LogP contribution in [0.4, 0.5) is 4.79 Å². The van der Waals surface area contributed by atoms with Crippen LogP contribution < -0.4 is 5.32 Å². The zero-order chi connectivity index (χ0) is 19.0. The van der Waals surface area contributed by atoms with Crippen LogP contribution in [0.25, 0.3) is 10.9 Å². The van der Waals surface area contributed by atoms with Crippen LogP contribution in [0.3, 0.4) is 0 Å². The second-order valence-electron chi connectivity index (χ2n) is 7.50. The molecule has 2 N–H and O–H groups in total. The molecule has 1 aromatic carbocycles. The van der Waals surface area contributed by atoms with Crippen molar-refractivity contribution in [3.8, 4) is 0 Å². The SMILES string of the molecule is CCN(CC(=O)O)C1CC(NC(=O)N2CCn3c(cc4ccccc43)C2)C1. The van der Waals surface area contributed by atoms with E-state index in [2.05, 4.69) is 28.1 Å². The normalized spacial score (nSPS) is 21.8. The van der Waals surface area contributed by atoms with Gasteiger partial charge in [0.15, 0.2) is 0 Å². The van der Waals surface area contributed by atoms with E-state index in [-0.39, 0.29) is 24.7 Å². The smallest absolute Gasteiger partial charge is 0.318 e. The summed E-state index contributed by atoms with van der Waals surface area (Å²) in [6, 6.07) is 10.9. The third-order valence-corrected chi connectivity index (χ3v) is 5.83. The summed E-state index contributed by atoms with van der Waals surface area (Å²) in [5, 5.41) is 13.3. The third kappa shape index (κ3) is 3.51. The van der Waals surface area contributed by atoms with Crippen LogP contribution in [0.5, 0.6) is 0 Å². The van der Waals surface area contributed by atoms with Crippen LogP contribution in [-0.4, -0.2) is 63.2 Å². The van der Waals surface area contributed by atoms with Gasteiger partial charge in [-0.05, 0) is 36.9 Å². The minimum atomic E-state index is -0.798. The zero-order valence-corrected chi connectivity index (χ0v) is 15.6. The van der Waals surface area contributed by atoms with E-state index in [0.29, 0.717) is 19.6 Å². The number of aliphatic carboxylic acids is 1. The molecular formula is C20H26N4O3. The average Bonchev–Trinajstić information content (AvgIpc) is 3.00. The first-order valence-corrected chi connectivity index (χ1v) is 9.63. The van der Waals surface area contributed by atoms with Gasteiger partial charge in [0.1, 0.15) is 0 Å². The fraction of sp³-hybridized carbons (Fsp3) is 0.500. The molecule has 0 radical (unpaired) electrons. The van der Waals surface area contributed by atoms with E-state index in [9.17, 15) is 9.59 Å². The molecule has 2 amide bonds. The summed E-state index contributed by atoms with van der Waals surface area (Å²) in [6.45, 7) is 4.89. The molecule has 0 atom stereocenters. The van der Waals surface area contributed by atoms with Crippen LogP contribution in [0, 0.1) is 0 Å². The molecule has 0 saturated heterocycles. The summed E-state index contributed by atoms with van der Waals surface area (Å²) in [4.78, 5) is 27.4. The van der Waals surface area contributed by atoms with Crippen molar-refractivity contribution in [1.29, 1.82) is 0 Å². The quantitative estimate of drug-likeness (QED) is 0.845. The van der Waals surface area contributed by atoms with E-state index in [1.54, 1.807) is 0 Å². The number of fused-ring (bicyclic) bond motifs is 3. The molecule has 0 unspecified atom stereocenters. The largest absolute Gasteiger partial charge is 0.480 e. The number of aromatic nitrogens is 1. The van der Waals surface area contributed by atoms with E-state index in [0.717, 1.165) is 19.4 Å². The van der Waals surface area contributed by atoms with Crippen molar-refractivity contribution in [3.05, 3.63) is 36.0 Å². The standard InChI is InChI=1S/C20H26N4O3/c1-2-22(13-19(25)26)16-10-15(11-16)21-20(27)23-7-8-24-17(12-23)9-14-5-3-4-6-18(14)24/h3-6,9,15-16H,2,7-8,10-13H2,1H3,(H,21,27)(H,25,26). The van der Waals surface area contributed by atoms with E-state index in [1.165, 1.54) is 16.6 Å². The van der Waals surface area contributed by atoms with Crippen molar-refractivity contribution < 1.29 is 14.7 Å². The van der Waals surface area contributed by atoms with E-state index in [1.807, 2.05) is 28.9 Å². The summed E-state index contributed by atoms with van der Waals surface area (Å²) in [6.07, 6.45) is 1.64. The first kappa shape index (κ1) is 17.9. The van der Waals surface area contributed by atoms with Gasteiger partial charge >= 0.3 is 12.0 Å². The number of nitrogens with one attached hydrogen (secondary N) is 1. The lowest BCUT2D eigenvalue weighted by Crippen LogP contribution is -2.57. The molecule has 0 spiro atoms. The number of likely N-dealkylation sites (N-methyl/N-ethyl adjacent to an activating group) is 1. The van der Waals surface area contributed by atoms with E-state index >= 15 is 0 Å². The maximum Gasteiger partial charge on any atom is 0.318 e. The van der Waals surface area contributed by atoms with Gasteiger partial charge in [-0.1, -0.05) is 25.1 Å². The Morgan fingerprint density at radius 2 is 2.04 bits per heavy atom. The Morgan fingerprint density at radius 3 is 2.78 bits per heavy atom. The molecule has 1 aliphatic heterocycles. The second-order valence-corrected chi connectivity index (χ2v) is 7.50. The van der Waals surface area contributed by atoms with Gasteiger partial charge in [-0.3, -0.25) is 9.69 Å². The molecule has 1 aromatic heterocycles. The number of carboxylic acid groups (broad SMARTS) is 1. The van der Waals surface area contributed by atoms with E-state index < -0.39 is 5.97 Å². The Labute approximate surface area is 158 Å². The van der Waals surface area contributed by atoms with Crippen molar-refractivity contribution >= 4 is 22.9 Å². The molecule has 7 heteroatoms. The highest BCUT2D eigenvalue weighted by Crippen LogP contribution is 2.27. The van der Waals surface area contributed by atoms with Crippen molar-refractivity contribution in [1.82, 2.24) is 19.7 Å². The number of amides is 2. The minimum absolute atomic E-state index is 0.0174. The van der Waals surface area contributed by atoms with Crippen LogP contribution in [0.1, 0.15) is 25.5 Å². The molecular weight excluding hydrogens is 344 g/mol. The van der Waals surface area contributed by atoms with Gasteiger partial charge in [0.25, 0.3) is 0 Å². The summed E-state index contributed by atoms with van der Waals surface area (Å²) in [5.41, 5.74) is 2.40. The third-order valence-electron chi connectivity index (χ3n) is 5.83. The lowest BCUT2D eigenvalue weighted by molar-refractivity contribution is -0.139. The number of urea groups is 1. The Balaban J connectivity index is 1.32. The van der Waals surface area contributed by atoms with Gasteiger partial charge in [0.05, 0.1) is 13.1 Å². The second kappa shape index (κ2) is 7.23. The molecule has 27 heavy (non-hydrogen) atoms. The maximum atomic E-state index is 12.6. The number of carbonyl (C=O) groups is 2. The van der Waals surface area contributed by atoms with Gasteiger partial charge in [0, 0.05) is 36.4 Å². The summed E-state index contributed by atoms with van der Waals surface area (Å²) >= 11 is 0. The minimum Gasteiger partial charge on any atom is -0.480 e. The van der Waals surface area contributed by atoms with Crippen LogP contribution in [-0.2, 0) is 17.9 Å². The number of carboxylic acids is 1. The molecule has 2 aromatic rings. The highest BCUT2D eigenvalue weighted by atomic mass is 16.4. The zero-order valence-electron chi connectivity index (χ0n) is 15.6. The van der Waals surface area contributed by atoms with E-state index in [4.69, 9.17) is 5.11 Å². The number of hydrogen-bond donors (Lipinski definition) is 2. The lowest BCUT2D eigenvalue weighted by atomic mass is 9.85. The van der Waals surface area contributed by atoms with Crippen LogP contribution >= 0.6 is 0 Å². The van der Waals surface area contributed by atoms with Crippen molar-refractivity contribution in [3.63, 3.8) is 0 Å². The number of rotatable bonds is 5. The first-order valence-electron chi connectivity index (χ1n) is 9.63. The van der Waals surface area contributed by atoms with Crippen molar-refractivity contribution in [2.45, 2.75) is 44.9 Å². The Bertz CT molecular complexity index is 856. The molecule has 1 aliphatic carbocycles. The van der Waals surface area contributed by atoms with Crippen molar-refractivity contribution in [2.24, 2.45) is 0 Å². The maximum absolute atomic E-state index is 12.6. The predicted molar refractivity (Wildman–Crippen MR) is 103 cm³/mol. The lowest BCUT2D eigenvalue weighted by Gasteiger charge is -2.43. The topological polar surface area (TPSA) is 77.8 Å². The van der Waals surface area contributed by atoms with Gasteiger partial charge in [-0.25, -0.2) is 4.79 Å². The first-order chi connectivity index (χ1) is 13.0. The summed E-state index contributed by atoms with van der Waals surface area (Å²) in [7, 11) is 0. The average molecular weight is 370 g/mol. The number of carbonyl (C=O) groups excluding carboxylic acids is 1. The molecule has 0 bridgehead atoms. The monoisotopic (exact) mass is 370 g/mol. The van der Waals surface area contributed by atoms with Crippen LogP contribution in [0.15, 0.2) is 30.3 Å². The Kier molecular flexibility index (Phi) is 4.78. The van der Waals surface area contributed by atoms with Gasteiger partial charge in [0.2, 0.25) is 0 Å². The van der Waals surface area contributed by atoms with Gasteiger partial charge < -0.3 is 19.9 Å². The molecule has 2 heterocycles. The molecule has 1 saturated carbocycles. The number of benzene rings is 1. The Hall–Kier alpha value is -2.54. The number of nitrogens with zero attached hydrogens (tertiary/aromatic N) is 3. The Morgan fingerprint density at radius 1 is 1.26 bits per heavy atom. The van der Waals surface area contributed by atoms with Crippen molar-refractivity contribution in [2.75, 3.05) is 19.6 Å². The number of para-hydroxylation sites is 1. The molecule has 7 nitrogen and oxygen atoms in total. The number of hydrogen-bond acceptors (Lipinski definition) is 3. The highest BCUT2D eigenvalue weighted by molar-refractivity contribution is 5.82. The summed E-state index contributed by atoms with van der Waals surface area (Å²) < 4.78 is 2.30. The summed E-state index contributed by atoms with van der Waals surface area (Å²) in [5.74, 6) is -0.798. The molecule has 1 fully saturated rings. The molecule has 2 aliphatic rings. The fourth-order valence-corrected chi connectivity index (χ4v) is 4.27. The fourth-order valence-electron chi connectivity index (χ4n) is 4.27. The molecule has 144 valence electrons. The van der Waals surface area contributed by atoms with Gasteiger partial charge in [-0.2, -0.15) is 0 Å². The van der Waals surface area contributed by atoms with Gasteiger partial charge in [-0.15, -0.1) is 0 Å².